The van der Waals surface area contributed by atoms with E-state index in [-0.39, 0.29) is 0 Å². The van der Waals surface area contributed by atoms with Crippen LogP contribution in [0.25, 0.3) is 5.70 Å². The first-order valence-electron chi connectivity index (χ1n) is 7.12. The average molecular weight is 349 g/mol. The van der Waals surface area contributed by atoms with E-state index in [9.17, 15) is 13.2 Å². The molecule has 0 fully saturated rings. The van der Waals surface area contributed by atoms with Gasteiger partial charge in [0.1, 0.15) is 0 Å². The molecule has 0 radical (unpaired) electrons. The number of rotatable bonds is 3. The summed E-state index contributed by atoms with van der Waals surface area (Å²) in [5, 5.41) is 1.90. The van der Waals surface area contributed by atoms with Crippen LogP contribution in [0.5, 0.6) is 0 Å². The maximum Gasteiger partial charge on any atom is 0.416 e. The van der Waals surface area contributed by atoms with E-state index in [1.54, 1.807) is 5.55 Å². The van der Waals surface area contributed by atoms with Crippen molar-refractivity contribution in [1.29, 1.82) is 0 Å². The third kappa shape index (κ3) is 3.80. The molecular formula is C17H14F3N3S. The quantitative estimate of drug-likeness (QED) is 0.862. The number of aliphatic imine (C=N–C) groups is 1. The molecule has 0 bridgehead atoms. The first-order chi connectivity index (χ1) is 11.5. The maximum absolute atomic E-state index is 12.6. The second kappa shape index (κ2) is 6.70. The third-order valence-electron chi connectivity index (χ3n) is 3.42. The van der Waals surface area contributed by atoms with Crippen LogP contribution in [0.4, 0.5) is 18.9 Å². The predicted octanol–water partition coefficient (Wildman–Crippen LogP) is 4.64. The topological polar surface area (TPSA) is 50.7 Å². The molecule has 2 aromatic rings. The Morgan fingerprint density at radius 3 is 2.25 bits per heavy atom. The van der Waals surface area contributed by atoms with Gasteiger partial charge in [-0.1, -0.05) is 24.3 Å². The standard InChI is InChI=1S/C17H14F3N3S/c18-17(19,20)14-5-7-15(8-6-14)23-24-10-16(22-11-24)13-3-1-12(9-21)2-4-13/h1-8,10-11H,9,21H2. The zero-order chi connectivity index (χ0) is 17.2. The normalized spacial score (nSPS) is 17.3. The first kappa shape index (κ1) is 16.6. The van der Waals surface area contributed by atoms with Gasteiger partial charge in [-0.15, -0.1) is 0 Å². The summed E-state index contributed by atoms with van der Waals surface area (Å²) in [4.78, 5) is 4.34. The summed E-state index contributed by atoms with van der Waals surface area (Å²) in [6, 6.07) is 12.6. The number of benzene rings is 2. The SMILES string of the molecule is NCc1ccc(C2=CS(=Nc3ccc(C(F)(F)F)cc3)C=N2)cc1. The van der Waals surface area contributed by atoms with Crippen molar-refractivity contribution in [3.63, 3.8) is 0 Å². The molecule has 0 aromatic heterocycles. The molecule has 24 heavy (non-hydrogen) atoms. The van der Waals surface area contributed by atoms with Crippen molar-refractivity contribution in [3.8, 4) is 0 Å². The van der Waals surface area contributed by atoms with Gasteiger partial charge in [0.15, 0.2) is 0 Å². The highest BCUT2D eigenvalue weighted by Crippen LogP contribution is 2.31. The van der Waals surface area contributed by atoms with Crippen molar-refractivity contribution in [2.24, 2.45) is 15.1 Å². The van der Waals surface area contributed by atoms with Crippen molar-refractivity contribution in [2.45, 2.75) is 12.7 Å². The Morgan fingerprint density at radius 1 is 1.00 bits per heavy atom. The molecule has 1 heterocycles. The van der Waals surface area contributed by atoms with Crippen LogP contribution in [0.2, 0.25) is 0 Å². The van der Waals surface area contributed by atoms with Crippen LogP contribution in [-0.2, 0) is 23.4 Å². The monoisotopic (exact) mass is 349 g/mol. The Hall–Kier alpha value is -2.25. The van der Waals surface area contributed by atoms with Gasteiger partial charge in [0.2, 0.25) is 0 Å². The lowest BCUT2D eigenvalue weighted by Gasteiger charge is -2.05. The van der Waals surface area contributed by atoms with Crippen LogP contribution < -0.4 is 5.73 Å². The Labute approximate surface area is 139 Å². The molecule has 2 N–H and O–H groups in total. The van der Waals surface area contributed by atoms with E-state index in [1.165, 1.54) is 12.1 Å². The summed E-state index contributed by atoms with van der Waals surface area (Å²) >= 11 is 0. The lowest BCUT2D eigenvalue weighted by Crippen LogP contribution is -2.03. The number of nitrogens with zero attached hydrogens (tertiary/aromatic N) is 2. The maximum atomic E-state index is 12.6. The Bertz CT molecular complexity index is 820. The smallest absolute Gasteiger partial charge is 0.326 e. The number of halogens is 3. The lowest BCUT2D eigenvalue weighted by atomic mass is 10.1. The number of hydrogen-bond acceptors (Lipinski definition) is 3. The van der Waals surface area contributed by atoms with Gasteiger partial charge >= 0.3 is 6.18 Å². The largest absolute Gasteiger partial charge is 0.416 e. The Kier molecular flexibility index (Phi) is 4.64. The van der Waals surface area contributed by atoms with E-state index in [0.29, 0.717) is 12.2 Å². The summed E-state index contributed by atoms with van der Waals surface area (Å²) in [6.45, 7) is 0.482. The Balaban J connectivity index is 1.80. The van der Waals surface area contributed by atoms with Gasteiger partial charge in [0, 0.05) is 17.5 Å². The van der Waals surface area contributed by atoms with Crippen molar-refractivity contribution in [1.82, 2.24) is 0 Å². The molecule has 0 saturated carbocycles. The van der Waals surface area contributed by atoms with E-state index in [0.717, 1.165) is 29.0 Å². The molecule has 124 valence electrons. The minimum Gasteiger partial charge on any atom is -0.326 e. The van der Waals surface area contributed by atoms with Crippen LogP contribution >= 0.6 is 0 Å². The minimum absolute atomic E-state index is 0.482. The van der Waals surface area contributed by atoms with Gasteiger partial charge in [-0.25, -0.2) is 9.36 Å². The zero-order valence-corrected chi connectivity index (χ0v) is 13.3. The van der Waals surface area contributed by atoms with Crippen LogP contribution in [-0.4, -0.2) is 5.55 Å². The van der Waals surface area contributed by atoms with E-state index < -0.39 is 22.4 Å². The number of hydrogen-bond donors (Lipinski definition) is 1. The van der Waals surface area contributed by atoms with E-state index in [4.69, 9.17) is 5.73 Å². The summed E-state index contributed by atoms with van der Waals surface area (Å²) in [5.74, 6) is 0. The van der Waals surface area contributed by atoms with Gasteiger partial charge in [-0.05, 0) is 40.5 Å². The van der Waals surface area contributed by atoms with Crippen LogP contribution in [0, 0.1) is 0 Å². The molecule has 1 aliphatic rings. The lowest BCUT2D eigenvalue weighted by molar-refractivity contribution is -0.137. The van der Waals surface area contributed by atoms with E-state index in [2.05, 4.69) is 9.36 Å². The molecule has 1 unspecified atom stereocenters. The predicted molar refractivity (Wildman–Crippen MR) is 91.7 cm³/mol. The molecule has 0 spiro atoms. The van der Waals surface area contributed by atoms with Crippen molar-refractivity contribution < 1.29 is 13.2 Å². The number of nitrogens with two attached hydrogens (primary N) is 1. The fourth-order valence-electron chi connectivity index (χ4n) is 2.12. The van der Waals surface area contributed by atoms with Crippen molar-refractivity contribution in [2.75, 3.05) is 0 Å². The minimum atomic E-state index is -4.33. The molecule has 0 saturated heterocycles. The van der Waals surface area contributed by atoms with Gasteiger partial charge in [-0.2, -0.15) is 13.2 Å². The number of alkyl halides is 3. The first-order valence-corrected chi connectivity index (χ1v) is 8.43. The molecule has 2 aromatic carbocycles. The molecule has 3 rings (SSSR count). The molecule has 0 amide bonds. The van der Waals surface area contributed by atoms with Gasteiger partial charge in [0.05, 0.1) is 22.5 Å². The summed E-state index contributed by atoms with van der Waals surface area (Å²) in [6.07, 6.45) is -4.33. The highest BCUT2D eigenvalue weighted by atomic mass is 32.2. The van der Waals surface area contributed by atoms with Crippen molar-refractivity contribution >= 4 is 27.6 Å². The molecule has 1 aliphatic heterocycles. The third-order valence-corrected chi connectivity index (χ3v) is 4.63. The molecule has 3 nitrogen and oxygen atoms in total. The van der Waals surface area contributed by atoms with Crippen LogP contribution in [0.3, 0.4) is 0 Å². The average Bonchev–Trinajstić information content (AvgIpc) is 3.03. The summed E-state index contributed by atoms with van der Waals surface area (Å²) in [7, 11) is -0.578. The summed E-state index contributed by atoms with van der Waals surface area (Å²) < 4.78 is 42.1. The molecule has 7 heteroatoms. The van der Waals surface area contributed by atoms with Crippen molar-refractivity contribution in [3.05, 3.63) is 70.6 Å². The fraction of sp³-hybridized carbons (Fsp3) is 0.118. The molecule has 0 aliphatic carbocycles. The van der Waals surface area contributed by atoms with E-state index >= 15 is 0 Å². The Morgan fingerprint density at radius 2 is 1.67 bits per heavy atom. The highest BCUT2D eigenvalue weighted by Gasteiger charge is 2.29. The van der Waals surface area contributed by atoms with Gasteiger partial charge in [-0.3, -0.25) is 0 Å². The second-order valence-corrected chi connectivity index (χ2v) is 6.44. The van der Waals surface area contributed by atoms with Gasteiger partial charge in [0.25, 0.3) is 0 Å². The van der Waals surface area contributed by atoms with Crippen LogP contribution in [0.15, 0.2) is 63.3 Å². The second-order valence-electron chi connectivity index (χ2n) is 5.12. The molecular weight excluding hydrogens is 335 g/mol. The summed E-state index contributed by atoms with van der Waals surface area (Å²) in [5.41, 5.74) is 9.88. The fourth-order valence-corrected chi connectivity index (χ4v) is 3.30. The van der Waals surface area contributed by atoms with Gasteiger partial charge < -0.3 is 5.73 Å². The highest BCUT2D eigenvalue weighted by molar-refractivity contribution is 8.03. The zero-order valence-electron chi connectivity index (χ0n) is 12.5. The van der Waals surface area contributed by atoms with Crippen LogP contribution in [0.1, 0.15) is 16.7 Å². The van der Waals surface area contributed by atoms with E-state index in [1.807, 2.05) is 29.7 Å². The molecule has 1 atom stereocenters.